The summed E-state index contributed by atoms with van der Waals surface area (Å²) in [5.41, 5.74) is 0. The van der Waals surface area contributed by atoms with Crippen molar-refractivity contribution >= 4 is 12.4 Å². The Kier molecular flexibility index (Phi) is 2.41. The van der Waals surface area contributed by atoms with Gasteiger partial charge in [-0.05, 0) is 5.92 Å². The molecule has 1 aromatic carbocycles. The summed E-state index contributed by atoms with van der Waals surface area (Å²) in [6.45, 7) is 10.8. The molecule has 1 heterocycles. The van der Waals surface area contributed by atoms with Gasteiger partial charge in [0.1, 0.15) is 7.14 Å². The lowest BCUT2D eigenvalue weighted by Crippen LogP contribution is -2.60. The first-order valence-corrected chi connectivity index (χ1v) is 7.63. The Morgan fingerprint density at radius 1 is 1.00 bits per heavy atom. The fraction of sp³-hybridized carbons (Fsp3) is 0.571. The van der Waals surface area contributed by atoms with Crippen LogP contribution in [-0.2, 0) is 4.57 Å². The Balaban J connectivity index is 2.59. The highest BCUT2D eigenvalue weighted by Gasteiger charge is 2.68. The summed E-state index contributed by atoms with van der Waals surface area (Å²) >= 11 is 0. The SMILES string of the molecule is CC1C(C)(C)P(=O)(c2ccccc2)C1(C)C. The standard InChI is InChI=1S/C14H21OP/c1-11-13(2,3)16(15,14(11,4)5)12-9-7-6-8-10-12/h6-11H,1-5H3. The van der Waals surface area contributed by atoms with Crippen LogP contribution >= 0.6 is 7.14 Å². The first kappa shape index (κ1) is 11.9. The van der Waals surface area contributed by atoms with Gasteiger partial charge in [0.25, 0.3) is 0 Å². The van der Waals surface area contributed by atoms with Crippen LogP contribution in [0.3, 0.4) is 0 Å². The maximum Gasteiger partial charge on any atom is 0.126 e. The highest BCUT2D eigenvalue weighted by Crippen LogP contribution is 2.80. The van der Waals surface area contributed by atoms with Crippen LogP contribution in [0.2, 0.25) is 0 Å². The van der Waals surface area contributed by atoms with Crippen molar-refractivity contribution in [2.75, 3.05) is 0 Å². The normalized spacial score (nSPS) is 35.4. The van der Waals surface area contributed by atoms with Crippen LogP contribution in [0.25, 0.3) is 0 Å². The molecule has 2 heteroatoms. The number of benzene rings is 1. The zero-order valence-electron chi connectivity index (χ0n) is 10.8. The summed E-state index contributed by atoms with van der Waals surface area (Å²) in [5, 5.41) is 0.901. The molecule has 0 aromatic heterocycles. The monoisotopic (exact) mass is 236 g/mol. The Labute approximate surface area is 98.6 Å². The van der Waals surface area contributed by atoms with Crippen LogP contribution in [0.4, 0.5) is 0 Å². The fourth-order valence-electron chi connectivity index (χ4n) is 3.39. The smallest absolute Gasteiger partial charge is 0.126 e. The molecular weight excluding hydrogens is 215 g/mol. The van der Waals surface area contributed by atoms with Crippen molar-refractivity contribution in [2.45, 2.75) is 44.9 Å². The van der Waals surface area contributed by atoms with Crippen molar-refractivity contribution in [2.24, 2.45) is 5.92 Å². The molecule has 0 N–H and O–H groups in total. The van der Waals surface area contributed by atoms with Crippen molar-refractivity contribution < 1.29 is 4.57 Å². The average molecular weight is 236 g/mol. The van der Waals surface area contributed by atoms with Gasteiger partial charge >= 0.3 is 0 Å². The van der Waals surface area contributed by atoms with Gasteiger partial charge < -0.3 is 4.57 Å². The van der Waals surface area contributed by atoms with Crippen molar-refractivity contribution in [3.05, 3.63) is 30.3 Å². The summed E-state index contributed by atoms with van der Waals surface area (Å²) in [4.78, 5) is 0. The van der Waals surface area contributed by atoms with Crippen molar-refractivity contribution in [3.8, 4) is 0 Å². The molecule has 1 aliphatic rings. The first-order chi connectivity index (χ1) is 7.26. The summed E-state index contributed by atoms with van der Waals surface area (Å²) < 4.78 is 13.4. The molecule has 1 saturated heterocycles. The van der Waals surface area contributed by atoms with E-state index in [1.807, 2.05) is 30.3 Å². The van der Waals surface area contributed by atoms with Crippen LogP contribution in [-0.4, -0.2) is 10.3 Å². The maximum atomic E-state index is 13.4. The third-order valence-electron chi connectivity index (χ3n) is 4.86. The van der Waals surface area contributed by atoms with Crippen LogP contribution in [0.1, 0.15) is 34.6 Å². The van der Waals surface area contributed by atoms with Crippen molar-refractivity contribution in [1.29, 1.82) is 0 Å². The zero-order valence-corrected chi connectivity index (χ0v) is 11.7. The predicted molar refractivity (Wildman–Crippen MR) is 71.0 cm³/mol. The van der Waals surface area contributed by atoms with E-state index in [0.717, 1.165) is 5.30 Å². The van der Waals surface area contributed by atoms with Gasteiger partial charge in [0.2, 0.25) is 0 Å². The second-order valence-electron chi connectivity index (χ2n) is 5.97. The minimum atomic E-state index is -2.31. The summed E-state index contributed by atoms with van der Waals surface area (Å²) in [6.07, 6.45) is 0. The minimum Gasteiger partial charge on any atom is -0.317 e. The predicted octanol–water partition coefficient (Wildman–Crippen LogP) is 3.88. The zero-order chi connectivity index (χ0) is 12.2. The summed E-state index contributed by atoms with van der Waals surface area (Å²) in [7, 11) is -2.31. The van der Waals surface area contributed by atoms with Gasteiger partial charge in [-0.1, -0.05) is 65.0 Å². The lowest BCUT2D eigenvalue weighted by Gasteiger charge is -2.63. The highest BCUT2D eigenvalue weighted by atomic mass is 31.2. The molecule has 88 valence electrons. The van der Waals surface area contributed by atoms with E-state index >= 15 is 0 Å². The van der Waals surface area contributed by atoms with E-state index in [-0.39, 0.29) is 10.3 Å². The molecule has 0 unspecified atom stereocenters. The Bertz CT molecular complexity index is 425. The van der Waals surface area contributed by atoms with E-state index in [1.54, 1.807) is 0 Å². The Hall–Kier alpha value is -0.550. The van der Waals surface area contributed by atoms with E-state index < -0.39 is 7.14 Å². The van der Waals surface area contributed by atoms with E-state index in [2.05, 4.69) is 34.6 Å². The average Bonchev–Trinajstić information content (AvgIpc) is 2.27. The molecule has 0 atom stereocenters. The van der Waals surface area contributed by atoms with Gasteiger partial charge in [-0.3, -0.25) is 0 Å². The molecule has 1 aliphatic heterocycles. The molecule has 1 aromatic rings. The van der Waals surface area contributed by atoms with E-state index in [4.69, 9.17) is 0 Å². The Morgan fingerprint density at radius 2 is 1.44 bits per heavy atom. The lowest BCUT2D eigenvalue weighted by molar-refractivity contribution is 0.276. The van der Waals surface area contributed by atoms with Gasteiger partial charge in [-0.25, -0.2) is 0 Å². The molecule has 0 amide bonds. The van der Waals surface area contributed by atoms with Gasteiger partial charge in [0.05, 0.1) is 0 Å². The van der Waals surface area contributed by atoms with E-state index in [9.17, 15) is 4.57 Å². The second-order valence-corrected chi connectivity index (χ2v) is 10.0. The topological polar surface area (TPSA) is 17.1 Å². The molecule has 0 bridgehead atoms. The molecule has 0 radical (unpaired) electrons. The molecular formula is C14H21OP. The Morgan fingerprint density at radius 3 is 1.88 bits per heavy atom. The van der Waals surface area contributed by atoms with Gasteiger partial charge in [-0.15, -0.1) is 0 Å². The first-order valence-electron chi connectivity index (χ1n) is 5.92. The molecule has 2 rings (SSSR count). The van der Waals surface area contributed by atoms with Crippen LogP contribution in [0.15, 0.2) is 30.3 Å². The number of hydrogen-bond acceptors (Lipinski definition) is 1. The van der Waals surface area contributed by atoms with Crippen molar-refractivity contribution in [1.82, 2.24) is 0 Å². The van der Waals surface area contributed by atoms with E-state index in [1.165, 1.54) is 0 Å². The summed E-state index contributed by atoms with van der Waals surface area (Å²) in [5.74, 6) is 0.492. The number of rotatable bonds is 1. The second kappa shape index (κ2) is 3.23. The fourth-order valence-corrected chi connectivity index (χ4v) is 8.33. The molecule has 0 aliphatic carbocycles. The third-order valence-corrected chi connectivity index (χ3v) is 9.91. The molecule has 0 saturated carbocycles. The van der Waals surface area contributed by atoms with Crippen LogP contribution in [0.5, 0.6) is 0 Å². The van der Waals surface area contributed by atoms with Gasteiger partial charge in [0.15, 0.2) is 0 Å². The van der Waals surface area contributed by atoms with Crippen LogP contribution in [0, 0.1) is 5.92 Å². The van der Waals surface area contributed by atoms with Crippen LogP contribution < -0.4 is 5.30 Å². The highest BCUT2D eigenvalue weighted by molar-refractivity contribution is 7.76. The van der Waals surface area contributed by atoms with Crippen molar-refractivity contribution in [3.63, 3.8) is 0 Å². The molecule has 16 heavy (non-hydrogen) atoms. The van der Waals surface area contributed by atoms with Gasteiger partial charge in [-0.2, -0.15) is 0 Å². The molecule has 0 spiro atoms. The molecule has 1 fully saturated rings. The number of hydrogen-bond donors (Lipinski definition) is 0. The lowest BCUT2D eigenvalue weighted by atomic mass is 9.83. The summed E-state index contributed by atoms with van der Waals surface area (Å²) in [6, 6.07) is 10.0. The van der Waals surface area contributed by atoms with E-state index in [0.29, 0.717) is 5.92 Å². The quantitative estimate of drug-likeness (QED) is 0.676. The molecule has 1 nitrogen and oxygen atoms in total. The minimum absolute atomic E-state index is 0.0716. The largest absolute Gasteiger partial charge is 0.317 e. The van der Waals surface area contributed by atoms with Gasteiger partial charge in [0, 0.05) is 15.6 Å². The third kappa shape index (κ3) is 1.10. The maximum absolute atomic E-state index is 13.4.